The lowest BCUT2D eigenvalue weighted by Gasteiger charge is -2.28. The first-order valence-electron chi connectivity index (χ1n) is 12.0. The van der Waals surface area contributed by atoms with Crippen molar-refractivity contribution in [3.63, 3.8) is 0 Å². The van der Waals surface area contributed by atoms with E-state index in [1.54, 1.807) is 6.20 Å². The fraction of sp³-hybridized carbons (Fsp3) is 0.625. The number of rotatable bonds is 3. The molecule has 1 aliphatic heterocycles. The van der Waals surface area contributed by atoms with Crippen LogP contribution >= 0.6 is 0 Å². The monoisotopic (exact) mass is 474 g/mol. The van der Waals surface area contributed by atoms with Crippen LogP contribution in [-0.4, -0.2) is 42.5 Å². The molecule has 2 aliphatic carbocycles. The Kier molecular flexibility index (Phi) is 6.26. The molecule has 7 nitrogen and oxygen atoms in total. The van der Waals surface area contributed by atoms with E-state index in [4.69, 9.17) is 9.72 Å². The van der Waals surface area contributed by atoms with Crippen LogP contribution in [0.2, 0.25) is 0 Å². The molecule has 3 aliphatic rings. The summed E-state index contributed by atoms with van der Waals surface area (Å²) in [5.74, 6) is 0.145. The molecule has 6 rings (SSSR count). The molecule has 34 heavy (non-hydrogen) atoms. The third-order valence-electron chi connectivity index (χ3n) is 6.99. The van der Waals surface area contributed by atoms with Gasteiger partial charge in [0.25, 0.3) is 0 Å². The van der Waals surface area contributed by atoms with Crippen LogP contribution in [0.4, 0.5) is 13.2 Å². The third kappa shape index (κ3) is 5.06. The van der Waals surface area contributed by atoms with Crippen LogP contribution < -0.4 is 0 Å². The number of alkyl halides is 3. The van der Waals surface area contributed by atoms with E-state index in [1.165, 1.54) is 12.8 Å². The number of aromatic nitrogens is 6. The minimum Gasteiger partial charge on any atom is -0.373 e. The van der Waals surface area contributed by atoms with Gasteiger partial charge in [0.15, 0.2) is 5.65 Å². The van der Waals surface area contributed by atoms with Crippen LogP contribution in [0.1, 0.15) is 85.8 Å². The predicted octanol–water partition coefficient (Wildman–Crippen LogP) is 5.55. The number of hydrogen-bond donors (Lipinski definition) is 0. The lowest BCUT2D eigenvalue weighted by atomic mass is 9.85. The highest BCUT2D eigenvalue weighted by atomic mass is 19.4. The molecule has 3 fully saturated rings. The number of ether oxygens (including phenoxy) is 1. The standard InChI is InChI=1S/C19H22N6O.C5H7F3/c1-11-12(2)23-19-16(22-11)9-20-18(24-19)13-5-6-26-17(7-13)14-8-21-25(10-14)15-3-4-15;6-5(7,8)4-2-1-3-4/h8-10,13,15,17H,3-7H2,1-2H3;4H,1-3H2/t13-,17-;/m0./s1. The number of hydrogen-bond acceptors (Lipinski definition) is 6. The molecule has 2 atom stereocenters. The molecule has 0 bridgehead atoms. The van der Waals surface area contributed by atoms with Crippen LogP contribution in [-0.2, 0) is 4.74 Å². The summed E-state index contributed by atoms with van der Waals surface area (Å²) in [6.45, 7) is 4.63. The SMILES string of the molecule is Cc1nc2cnc([C@H]3CCO[C@H](c4cnn(C5CC5)c4)C3)nc2nc1C.FC(F)(F)C1CCC1. The molecule has 3 aromatic heterocycles. The van der Waals surface area contributed by atoms with Crippen LogP contribution in [0.15, 0.2) is 18.6 Å². The van der Waals surface area contributed by atoms with Gasteiger partial charge in [-0.3, -0.25) is 4.68 Å². The highest BCUT2D eigenvalue weighted by Crippen LogP contribution is 2.40. The molecule has 4 heterocycles. The minimum atomic E-state index is -3.90. The summed E-state index contributed by atoms with van der Waals surface area (Å²) in [5, 5.41) is 4.50. The van der Waals surface area contributed by atoms with Gasteiger partial charge in [-0.1, -0.05) is 6.42 Å². The summed E-state index contributed by atoms with van der Waals surface area (Å²) >= 11 is 0. The van der Waals surface area contributed by atoms with Crippen molar-refractivity contribution in [3.8, 4) is 0 Å². The molecule has 0 aromatic carbocycles. The quantitative estimate of drug-likeness (QED) is 0.495. The fourth-order valence-electron chi connectivity index (χ4n) is 4.30. The maximum Gasteiger partial charge on any atom is 0.391 e. The summed E-state index contributed by atoms with van der Waals surface area (Å²) in [5.41, 5.74) is 4.44. The maximum absolute atomic E-state index is 11.5. The van der Waals surface area contributed by atoms with Gasteiger partial charge in [-0.25, -0.2) is 19.9 Å². The Hall–Kier alpha value is -2.62. The van der Waals surface area contributed by atoms with E-state index in [-0.39, 0.29) is 12.0 Å². The Morgan fingerprint density at radius 1 is 0.971 bits per heavy atom. The highest BCUT2D eigenvalue weighted by Gasteiger charge is 2.42. The normalized spacial score (nSPS) is 23.3. The summed E-state index contributed by atoms with van der Waals surface area (Å²) in [6.07, 6.45) is 7.78. The molecule has 10 heteroatoms. The third-order valence-corrected chi connectivity index (χ3v) is 6.99. The van der Waals surface area contributed by atoms with Crippen molar-refractivity contribution < 1.29 is 17.9 Å². The molecule has 2 saturated carbocycles. The van der Waals surface area contributed by atoms with Crippen molar-refractivity contribution in [2.45, 2.75) is 83.0 Å². The molecule has 0 unspecified atom stereocenters. The molecule has 0 radical (unpaired) electrons. The second-order valence-electron chi connectivity index (χ2n) is 9.57. The van der Waals surface area contributed by atoms with E-state index in [2.05, 4.69) is 30.9 Å². The molecular formula is C24H29F3N6O. The Balaban J connectivity index is 0.000000257. The smallest absolute Gasteiger partial charge is 0.373 e. The molecule has 0 spiro atoms. The number of fused-ring (bicyclic) bond motifs is 1. The van der Waals surface area contributed by atoms with Gasteiger partial charge in [-0.05, 0) is 52.4 Å². The first kappa shape index (κ1) is 23.1. The lowest BCUT2D eigenvalue weighted by molar-refractivity contribution is -0.193. The van der Waals surface area contributed by atoms with Crippen LogP contribution in [0.3, 0.4) is 0 Å². The van der Waals surface area contributed by atoms with Crippen molar-refractivity contribution in [2.24, 2.45) is 5.92 Å². The second kappa shape index (κ2) is 9.20. The Labute approximate surface area is 196 Å². The first-order chi connectivity index (χ1) is 16.3. The summed E-state index contributed by atoms with van der Waals surface area (Å²) in [6, 6.07) is 0.595. The van der Waals surface area contributed by atoms with Gasteiger partial charge in [0.1, 0.15) is 11.3 Å². The van der Waals surface area contributed by atoms with Gasteiger partial charge in [0.2, 0.25) is 0 Å². The Morgan fingerprint density at radius 3 is 2.38 bits per heavy atom. The van der Waals surface area contributed by atoms with Gasteiger partial charge < -0.3 is 4.74 Å². The van der Waals surface area contributed by atoms with Gasteiger partial charge >= 0.3 is 6.18 Å². The lowest BCUT2D eigenvalue weighted by Crippen LogP contribution is -2.28. The van der Waals surface area contributed by atoms with Crippen molar-refractivity contribution >= 4 is 11.2 Å². The molecule has 182 valence electrons. The molecule has 3 aromatic rings. The first-order valence-corrected chi connectivity index (χ1v) is 12.0. The topological polar surface area (TPSA) is 78.6 Å². The van der Waals surface area contributed by atoms with Crippen molar-refractivity contribution in [3.05, 3.63) is 41.4 Å². The van der Waals surface area contributed by atoms with E-state index >= 15 is 0 Å². The van der Waals surface area contributed by atoms with Gasteiger partial charge in [-0.15, -0.1) is 0 Å². The average molecular weight is 475 g/mol. The van der Waals surface area contributed by atoms with Gasteiger partial charge in [0, 0.05) is 24.3 Å². The average Bonchev–Trinajstić information content (AvgIpc) is 3.49. The van der Waals surface area contributed by atoms with E-state index < -0.39 is 12.1 Å². The minimum absolute atomic E-state index is 0.0615. The summed E-state index contributed by atoms with van der Waals surface area (Å²) < 4.78 is 42.6. The van der Waals surface area contributed by atoms with Gasteiger partial charge in [-0.2, -0.15) is 18.3 Å². The molecule has 0 N–H and O–H groups in total. The largest absolute Gasteiger partial charge is 0.391 e. The molecule has 1 saturated heterocycles. The van der Waals surface area contributed by atoms with Crippen LogP contribution in [0, 0.1) is 19.8 Å². The van der Waals surface area contributed by atoms with Crippen LogP contribution in [0.25, 0.3) is 11.2 Å². The van der Waals surface area contributed by atoms with Gasteiger partial charge in [0.05, 0.1) is 41.8 Å². The Morgan fingerprint density at radius 2 is 1.74 bits per heavy atom. The summed E-state index contributed by atoms with van der Waals surface area (Å²) in [7, 11) is 0. The molecule has 0 amide bonds. The summed E-state index contributed by atoms with van der Waals surface area (Å²) in [4.78, 5) is 18.4. The number of aryl methyl sites for hydroxylation is 2. The van der Waals surface area contributed by atoms with Crippen LogP contribution in [0.5, 0.6) is 0 Å². The maximum atomic E-state index is 11.5. The Bertz CT molecular complexity index is 1160. The van der Waals surface area contributed by atoms with E-state index in [0.29, 0.717) is 31.1 Å². The molecular weight excluding hydrogens is 445 g/mol. The zero-order chi connectivity index (χ0) is 23.9. The van der Waals surface area contributed by atoms with Crippen molar-refractivity contribution in [2.75, 3.05) is 6.61 Å². The zero-order valence-corrected chi connectivity index (χ0v) is 19.4. The van der Waals surface area contributed by atoms with E-state index in [0.717, 1.165) is 47.6 Å². The predicted molar refractivity (Wildman–Crippen MR) is 119 cm³/mol. The zero-order valence-electron chi connectivity index (χ0n) is 19.4. The van der Waals surface area contributed by atoms with Crippen molar-refractivity contribution in [1.29, 1.82) is 0 Å². The van der Waals surface area contributed by atoms with E-state index in [9.17, 15) is 13.2 Å². The van der Waals surface area contributed by atoms with E-state index in [1.807, 2.05) is 20.0 Å². The second-order valence-corrected chi connectivity index (χ2v) is 9.57. The van der Waals surface area contributed by atoms with Crippen molar-refractivity contribution in [1.82, 2.24) is 29.7 Å². The number of halogens is 3. The fourth-order valence-corrected chi connectivity index (χ4v) is 4.30. The number of nitrogens with zero attached hydrogens (tertiary/aromatic N) is 6. The highest BCUT2D eigenvalue weighted by molar-refractivity contribution is 5.68.